The molecule has 10 nitrogen and oxygen atoms in total. The predicted molar refractivity (Wildman–Crippen MR) is 111 cm³/mol. The van der Waals surface area contributed by atoms with Crippen molar-refractivity contribution in [2.75, 3.05) is 11.4 Å². The van der Waals surface area contributed by atoms with E-state index in [4.69, 9.17) is 14.6 Å². The van der Waals surface area contributed by atoms with Crippen LogP contribution in [0.4, 0.5) is 11.5 Å². The molecule has 0 aliphatic carbocycles. The maximum absolute atomic E-state index is 13.5. The summed E-state index contributed by atoms with van der Waals surface area (Å²) in [5.41, 5.74) is 0.765. The number of carbonyl (C=O) groups is 1. The van der Waals surface area contributed by atoms with Gasteiger partial charge in [-0.15, -0.1) is 0 Å². The SMILES string of the molecule is COc1nc(C)cnc1N(c1ccc(OC(C)C(=O)O)cc1)S(=O)(=O)c1cccnc1. The van der Waals surface area contributed by atoms with Gasteiger partial charge >= 0.3 is 5.97 Å². The number of pyridine rings is 1. The lowest BCUT2D eigenvalue weighted by molar-refractivity contribution is -0.144. The van der Waals surface area contributed by atoms with Crippen molar-refractivity contribution >= 4 is 27.5 Å². The van der Waals surface area contributed by atoms with Gasteiger partial charge in [0, 0.05) is 12.4 Å². The number of aryl methyl sites for hydroxylation is 1. The summed E-state index contributed by atoms with van der Waals surface area (Å²) in [6.07, 6.45) is 3.05. The van der Waals surface area contributed by atoms with Crippen LogP contribution in [0.2, 0.25) is 0 Å². The second-order valence-electron chi connectivity index (χ2n) is 6.39. The van der Waals surface area contributed by atoms with Crippen LogP contribution in [0.5, 0.6) is 11.6 Å². The van der Waals surface area contributed by atoms with Crippen LogP contribution in [-0.2, 0) is 14.8 Å². The third kappa shape index (κ3) is 4.72. The third-order valence-electron chi connectivity index (χ3n) is 4.13. The number of hydrogen-bond acceptors (Lipinski definition) is 8. The maximum Gasteiger partial charge on any atom is 0.344 e. The fraction of sp³-hybridized carbons (Fsp3) is 0.200. The summed E-state index contributed by atoms with van der Waals surface area (Å²) in [5.74, 6) is -0.874. The number of anilines is 2. The highest BCUT2D eigenvalue weighted by Crippen LogP contribution is 2.36. The third-order valence-corrected chi connectivity index (χ3v) is 5.83. The van der Waals surface area contributed by atoms with Gasteiger partial charge in [0.1, 0.15) is 10.6 Å². The quantitative estimate of drug-likeness (QED) is 0.556. The molecule has 0 spiro atoms. The Bertz CT molecular complexity index is 1170. The molecule has 1 aromatic carbocycles. The first-order valence-corrected chi connectivity index (χ1v) is 10.5. The van der Waals surface area contributed by atoms with E-state index in [2.05, 4.69) is 15.0 Å². The molecular weight excluding hydrogens is 424 g/mol. The molecule has 3 aromatic rings. The molecule has 0 saturated carbocycles. The largest absolute Gasteiger partial charge is 0.479 e. The van der Waals surface area contributed by atoms with Crippen LogP contribution in [0, 0.1) is 6.92 Å². The summed E-state index contributed by atoms with van der Waals surface area (Å²) >= 11 is 0. The molecule has 0 aliphatic heterocycles. The summed E-state index contributed by atoms with van der Waals surface area (Å²) < 4.78 is 38.6. The summed E-state index contributed by atoms with van der Waals surface area (Å²) in [6.45, 7) is 3.09. The molecule has 162 valence electrons. The van der Waals surface area contributed by atoms with E-state index in [0.29, 0.717) is 5.69 Å². The molecule has 0 saturated heterocycles. The normalized spacial score (nSPS) is 12.1. The van der Waals surface area contributed by atoms with E-state index in [1.54, 1.807) is 6.92 Å². The molecule has 0 amide bonds. The van der Waals surface area contributed by atoms with Crippen molar-refractivity contribution in [2.24, 2.45) is 0 Å². The van der Waals surface area contributed by atoms with Crippen LogP contribution >= 0.6 is 0 Å². The monoisotopic (exact) mass is 444 g/mol. The predicted octanol–water partition coefficient (Wildman–Crippen LogP) is 2.57. The summed E-state index contributed by atoms with van der Waals surface area (Å²) in [4.78, 5) is 23.3. The lowest BCUT2D eigenvalue weighted by Gasteiger charge is -2.24. The lowest BCUT2D eigenvalue weighted by atomic mass is 10.3. The number of carboxylic acid groups (broad SMARTS) is 1. The Morgan fingerprint density at radius 1 is 1.16 bits per heavy atom. The van der Waals surface area contributed by atoms with Crippen molar-refractivity contribution in [3.05, 3.63) is 60.7 Å². The minimum atomic E-state index is -4.15. The first-order chi connectivity index (χ1) is 14.7. The number of aromatic nitrogens is 3. The first-order valence-electron chi connectivity index (χ1n) is 9.06. The smallest absolute Gasteiger partial charge is 0.344 e. The van der Waals surface area contributed by atoms with Gasteiger partial charge in [0.2, 0.25) is 5.82 Å². The van der Waals surface area contributed by atoms with Gasteiger partial charge in [-0.3, -0.25) is 4.98 Å². The molecule has 1 atom stereocenters. The van der Waals surface area contributed by atoms with Gasteiger partial charge < -0.3 is 14.6 Å². The standard InChI is InChI=1S/C20H20N4O6S/c1-13-11-22-18(19(23-13)29-3)24(31(27,28)17-5-4-10-21-12-17)15-6-8-16(9-7-15)30-14(2)20(25)26/h4-12,14H,1-3H3,(H,25,26). The Hall–Kier alpha value is -3.73. The Labute approximate surface area is 179 Å². The van der Waals surface area contributed by atoms with Crippen molar-refractivity contribution in [3.63, 3.8) is 0 Å². The van der Waals surface area contributed by atoms with E-state index < -0.39 is 22.1 Å². The number of aliphatic carboxylic acids is 1. The average molecular weight is 444 g/mol. The molecule has 1 N–H and O–H groups in total. The molecular formula is C20H20N4O6S. The van der Waals surface area contributed by atoms with Crippen LogP contribution in [-0.4, -0.2) is 47.7 Å². The molecule has 0 bridgehead atoms. The van der Waals surface area contributed by atoms with Gasteiger partial charge in [0.15, 0.2) is 6.10 Å². The second-order valence-corrected chi connectivity index (χ2v) is 8.18. The van der Waals surface area contributed by atoms with Crippen molar-refractivity contribution in [2.45, 2.75) is 24.8 Å². The zero-order valence-electron chi connectivity index (χ0n) is 17.0. The Kier molecular flexibility index (Phi) is 6.35. The highest BCUT2D eigenvalue weighted by Gasteiger charge is 2.31. The maximum atomic E-state index is 13.5. The van der Waals surface area contributed by atoms with E-state index in [-0.39, 0.29) is 28.0 Å². The van der Waals surface area contributed by atoms with Gasteiger partial charge in [0.25, 0.3) is 15.9 Å². The summed E-state index contributed by atoms with van der Waals surface area (Å²) in [7, 11) is -2.78. The van der Waals surface area contributed by atoms with Gasteiger partial charge in [-0.2, -0.15) is 0 Å². The van der Waals surface area contributed by atoms with Crippen LogP contribution in [0.15, 0.2) is 59.9 Å². The zero-order valence-corrected chi connectivity index (χ0v) is 17.8. The Morgan fingerprint density at radius 2 is 1.87 bits per heavy atom. The van der Waals surface area contributed by atoms with E-state index in [1.165, 1.54) is 69.0 Å². The molecule has 31 heavy (non-hydrogen) atoms. The molecule has 2 aromatic heterocycles. The Morgan fingerprint density at radius 3 is 2.45 bits per heavy atom. The van der Waals surface area contributed by atoms with E-state index in [0.717, 1.165) is 4.31 Å². The van der Waals surface area contributed by atoms with Crippen LogP contribution in [0.1, 0.15) is 12.6 Å². The van der Waals surface area contributed by atoms with Crippen molar-refractivity contribution in [3.8, 4) is 11.6 Å². The number of carboxylic acids is 1. The average Bonchev–Trinajstić information content (AvgIpc) is 2.76. The number of nitrogens with zero attached hydrogens (tertiary/aromatic N) is 4. The Balaban J connectivity index is 2.12. The number of methoxy groups -OCH3 is 1. The van der Waals surface area contributed by atoms with Gasteiger partial charge in [-0.1, -0.05) is 0 Å². The van der Waals surface area contributed by atoms with E-state index in [9.17, 15) is 13.2 Å². The minimum Gasteiger partial charge on any atom is -0.479 e. The first kappa shape index (κ1) is 22.0. The summed E-state index contributed by atoms with van der Waals surface area (Å²) in [5, 5.41) is 9.00. The van der Waals surface area contributed by atoms with Crippen LogP contribution in [0.25, 0.3) is 0 Å². The number of ether oxygens (including phenoxy) is 2. The van der Waals surface area contributed by atoms with Crippen LogP contribution in [0.3, 0.4) is 0 Å². The van der Waals surface area contributed by atoms with Crippen LogP contribution < -0.4 is 13.8 Å². The van der Waals surface area contributed by atoms with E-state index in [1.807, 2.05) is 0 Å². The molecule has 0 radical (unpaired) electrons. The molecule has 3 rings (SSSR count). The number of hydrogen-bond donors (Lipinski definition) is 1. The second kappa shape index (κ2) is 8.96. The topological polar surface area (TPSA) is 132 Å². The van der Waals surface area contributed by atoms with Crippen molar-refractivity contribution < 1.29 is 27.8 Å². The number of benzene rings is 1. The fourth-order valence-corrected chi connectivity index (χ4v) is 4.03. The van der Waals surface area contributed by atoms with Crippen molar-refractivity contribution in [1.29, 1.82) is 0 Å². The number of sulfonamides is 1. The van der Waals surface area contributed by atoms with Crippen molar-refractivity contribution in [1.82, 2.24) is 15.0 Å². The highest BCUT2D eigenvalue weighted by molar-refractivity contribution is 7.93. The number of rotatable bonds is 8. The van der Waals surface area contributed by atoms with Gasteiger partial charge in [-0.05, 0) is 50.2 Å². The summed E-state index contributed by atoms with van der Waals surface area (Å²) in [6, 6.07) is 8.80. The molecule has 2 heterocycles. The van der Waals surface area contributed by atoms with Gasteiger partial charge in [0.05, 0.1) is 24.7 Å². The van der Waals surface area contributed by atoms with E-state index >= 15 is 0 Å². The molecule has 0 aliphatic rings. The minimum absolute atomic E-state index is 0.0206. The lowest BCUT2D eigenvalue weighted by Crippen LogP contribution is -2.28. The molecule has 1 unspecified atom stereocenters. The molecule has 11 heteroatoms. The zero-order chi connectivity index (χ0) is 22.6. The fourth-order valence-electron chi connectivity index (χ4n) is 2.62. The van der Waals surface area contributed by atoms with Gasteiger partial charge in [-0.25, -0.2) is 27.5 Å². The highest BCUT2D eigenvalue weighted by atomic mass is 32.2. The molecule has 0 fully saturated rings.